The second-order valence-corrected chi connectivity index (χ2v) is 12.6. The highest BCUT2D eigenvalue weighted by Gasteiger charge is 2.60. The number of aromatic nitrogens is 2. The molecule has 1 fully saturated rings. The number of nitro benzene ring substituents is 1. The summed E-state index contributed by atoms with van der Waals surface area (Å²) in [4.78, 5) is 55.5. The number of hydrogen-bond donors (Lipinski definition) is 2. The predicted molar refractivity (Wildman–Crippen MR) is 164 cm³/mol. The number of imidazole rings is 1. The van der Waals surface area contributed by atoms with Gasteiger partial charge in [-0.3, -0.25) is 19.7 Å². The highest BCUT2D eigenvalue weighted by atomic mass is 127. The van der Waals surface area contributed by atoms with Crippen molar-refractivity contribution in [1.29, 1.82) is 0 Å². The molecule has 5 rings (SSSR count). The second kappa shape index (κ2) is 14.8. The zero-order valence-electron chi connectivity index (χ0n) is 25.0. The number of thiazole rings is 1. The molecule has 0 saturated carbocycles. The SMILES string of the molecule is CSc1c2sc(C3=C(C(=O)OCc4ccc([N+](=O)[O-])cc4)N4C(=O)[C@H]([C@@H](C)O)[C@H]4[C@H]3C)cn2c[n+]1CC(=O)NCCCN=[N+]=[N-].[I-]. The van der Waals surface area contributed by atoms with E-state index in [-0.39, 0.29) is 66.2 Å². The Morgan fingerprint density at radius 1 is 1.35 bits per heavy atom. The Morgan fingerprint density at radius 3 is 2.70 bits per heavy atom. The van der Waals surface area contributed by atoms with E-state index < -0.39 is 29.0 Å². The molecule has 18 heteroatoms. The van der Waals surface area contributed by atoms with Crippen molar-refractivity contribution >= 4 is 57.0 Å². The summed E-state index contributed by atoms with van der Waals surface area (Å²) in [6.45, 7) is 4.10. The topological polar surface area (TPSA) is 196 Å². The molecule has 46 heavy (non-hydrogen) atoms. The van der Waals surface area contributed by atoms with Gasteiger partial charge in [-0.15, -0.1) is 0 Å². The fourth-order valence-electron chi connectivity index (χ4n) is 5.82. The van der Waals surface area contributed by atoms with E-state index in [1.54, 1.807) is 13.3 Å². The molecule has 2 aromatic heterocycles. The Kier molecular flexibility index (Phi) is 11.3. The van der Waals surface area contributed by atoms with Crippen LogP contribution in [0.1, 0.15) is 30.7 Å². The molecule has 1 saturated heterocycles. The molecule has 15 nitrogen and oxygen atoms in total. The van der Waals surface area contributed by atoms with Crippen molar-refractivity contribution in [2.45, 2.75) is 50.6 Å². The third kappa shape index (κ3) is 6.71. The summed E-state index contributed by atoms with van der Waals surface area (Å²) in [5.41, 5.74) is 9.60. The Bertz CT molecular complexity index is 1750. The van der Waals surface area contributed by atoms with Crippen molar-refractivity contribution in [2.24, 2.45) is 17.0 Å². The molecular weight excluding hydrogens is 751 g/mol. The Balaban J connectivity index is 0.00000480. The maximum atomic E-state index is 13.6. The number of azide groups is 1. The number of benzene rings is 1. The molecule has 1 aromatic carbocycles. The minimum absolute atomic E-state index is 0. The Morgan fingerprint density at radius 2 is 2.07 bits per heavy atom. The molecule has 0 bridgehead atoms. The smallest absolute Gasteiger partial charge is 0.355 e. The number of amides is 2. The first-order valence-corrected chi connectivity index (χ1v) is 16.1. The van der Waals surface area contributed by atoms with Crippen LogP contribution in [-0.4, -0.2) is 68.6 Å². The van der Waals surface area contributed by atoms with Crippen LogP contribution in [0.15, 0.2) is 52.6 Å². The van der Waals surface area contributed by atoms with E-state index >= 15 is 0 Å². The maximum Gasteiger partial charge on any atom is 0.355 e. The van der Waals surface area contributed by atoms with Gasteiger partial charge < -0.3 is 44.0 Å². The molecule has 3 aromatic rings. The molecule has 2 N–H and O–H groups in total. The third-order valence-electron chi connectivity index (χ3n) is 7.88. The molecule has 0 radical (unpaired) electrons. The first-order valence-electron chi connectivity index (χ1n) is 14.1. The van der Waals surface area contributed by atoms with Crippen molar-refractivity contribution in [3.63, 3.8) is 0 Å². The number of rotatable bonds is 13. The first kappa shape index (κ1) is 35.1. The summed E-state index contributed by atoms with van der Waals surface area (Å²) in [6.07, 6.45) is 5.19. The van der Waals surface area contributed by atoms with E-state index in [0.29, 0.717) is 30.6 Å². The van der Waals surface area contributed by atoms with Crippen LogP contribution in [0, 0.1) is 22.0 Å². The van der Waals surface area contributed by atoms with Gasteiger partial charge in [-0.05, 0) is 42.8 Å². The molecule has 4 atom stereocenters. The number of carbonyl (C=O) groups is 3. The number of hydrogen-bond acceptors (Lipinski definition) is 10. The lowest BCUT2D eigenvalue weighted by atomic mass is 9.77. The number of nitro groups is 1. The zero-order valence-corrected chi connectivity index (χ0v) is 28.8. The normalized spacial score (nSPS) is 19.2. The molecule has 0 unspecified atom stereocenters. The van der Waals surface area contributed by atoms with Crippen LogP contribution in [0.3, 0.4) is 0 Å². The average molecular weight is 783 g/mol. The van der Waals surface area contributed by atoms with Gasteiger partial charge in [-0.1, -0.05) is 35.1 Å². The summed E-state index contributed by atoms with van der Waals surface area (Å²) < 4.78 is 9.33. The van der Waals surface area contributed by atoms with Crippen LogP contribution >= 0.6 is 23.1 Å². The summed E-state index contributed by atoms with van der Waals surface area (Å²) in [7, 11) is 0. The van der Waals surface area contributed by atoms with Crippen LogP contribution in [0.25, 0.3) is 20.8 Å². The average Bonchev–Trinajstić information content (AvgIpc) is 3.62. The van der Waals surface area contributed by atoms with Crippen LogP contribution in [-0.2, 0) is 32.3 Å². The molecule has 4 heterocycles. The van der Waals surface area contributed by atoms with Crippen LogP contribution < -0.4 is 33.9 Å². The van der Waals surface area contributed by atoms with Crippen molar-refractivity contribution in [3.8, 4) is 0 Å². The fourth-order valence-corrected chi connectivity index (χ4v) is 8.00. The van der Waals surface area contributed by atoms with Crippen LogP contribution in [0.5, 0.6) is 0 Å². The number of aliphatic hydroxyl groups is 1. The van der Waals surface area contributed by atoms with Gasteiger partial charge in [-0.2, -0.15) is 4.40 Å². The second-order valence-electron chi connectivity index (χ2n) is 10.7. The molecule has 0 spiro atoms. The lowest BCUT2D eigenvalue weighted by Gasteiger charge is -2.46. The minimum Gasteiger partial charge on any atom is -1.00 e. The number of thioether (sulfide) groups is 1. The highest BCUT2D eigenvalue weighted by Crippen LogP contribution is 2.52. The van der Waals surface area contributed by atoms with Gasteiger partial charge in [0.1, 0.15) is 18.5 Å². The molecule has 0 aliphatic carbocycles. The van der Waals surface area contributed by atoms with E-state index in [2.05, 4.69) is 15.3 Å². The minimum atomic E-state index is -0.899. The van der Waals surface area contributed by atoms with Crippen LogP contribution in [0.4, 0.5) is 5.69 Å². The summed E-state index contributed by atoms with van der Waals surface area (Å²) >= 11 is 2.89. The Hall–Kier alpha value is -3.71. The van der Waals surface area contributed by atoms with E-state index in [4.69, 9.17) is 10.3 Å². The number of carbonyl (C=O) groups excluding carboxylic acids is 3. The quantitative estimate of drug-likeness (QED) is 0.0208. The third-order valence-corrected chi connectivity index (χ3v) is 9.97. The summed E-state index contributed by atoms with van der Waals surface area (Å²) in [5.74, 6) is -2.18. The Labute approximate surface area is 288 Å². The van der Waals surface area contributed by atoms with E-state index in [0.717, 1.165) is 14.7 Å². The summed E-state index contributed by atoms with van der Waals surface area (Å²) in [5, 5.41) is 28.4. The molecule has 2 aliphatic rings. The molecule has 2 aliphatic heterocycles. The van der Waals surface area contributed by atoms with Gasteiger partial charge in [0.25, 0.3) is 17.9 Å². The molecule has 2 amide bonds. The number of fused-ring (bicyclic) bond motifs is 2. The number of non-ortho nitro benzene ring substituents is 1. The number of esters is 1. The van der Waals surface area contributed by atoms with Gasteiger partial charge >= 0.3 is 5.97 Å². The first-order chi connectivity index (χ1) is 21.6. The number of nitrogens with one attached hydrogen (secondary N) is 1. The highest BCUT2D eigenvalue weighted by molar-refractivity contribution is 7.98. The summed E-state index contributed by atoms with van der Waals surface area (Å²) in [6, 6.07) is 5.25. The maximum absolute atomic E-state index is 13.6. The van der Waals surface area contributed by atoms with Crippen molar-refractivity contribution in [2.75, 3.05) is 19.3 Å². The molecular formula is C28H31IN8O7S2. The number of β-lactam (4-membered cyclic amide) rings is 1. The van der Waals surface area contributed by atoms with E-state index in [1.807, 2.05) is 28.3 Å². The largest absolute Gasteiger partial charge is 1.00 e. The van der Waals surface area contributed by atoms with Gasteiger partial charge in [0, 0.05) is 41.6 Å². The van der Waals surface area contributed by atoms with Gasteiger partial charge in [-0.25, -0.2) is 9.36 Å². The van der Waals surface area contributed by atoms with Gasteiger partial charge in [0.2, 0.25) is 15.8 Å². The van der Waals surface area contributed by atoms with Gasteiger partial charge in [0.05, 0.1) is 27.9 Å². The molecule has 244 valence electrons. The van der Waals surface area contributed by atoms with E-state index in [1.165, 1.54) is 52.3 Å². The number of nitrogens with zero attached hydrogens (tertiary/aromatic N) is 7. The van der Waals surface area contributed by atoms with Crippen molar-refractivity contribution in [3.05, 3.63) is 73.5 Å². The predicted octanol–water partition coefficient (Wildman–Crippen LogP) is 0.0510. The standard InChI is InChI=1S/C28H30N8O7S2.HI/c1-15-21(19-11-33-14-34(26(44-3)27(33)45-19)12-20(38)30-9-4-10-31-32-29)24(35-23(15)22(16(2)37)25(35)39)28(40)43-13-17-5-7-18(8-6-17)36(41)42;/h5-8,11,14-16,22-23,37H,4,9-10,12-13H2,1-3H3;1H/t15-,16+,22+,23+;/m0./s1. The van der Waals surface area contributed by atoms with Crippen molar-refractivity contribution < 1.29 is 57.7 Å². The van der Waals surface area contributed by atoms with Crippen molar-refractivity contribution in [1.82, 2.24) is 14.6 Å². The number of halogens is 1. The fraction of sp³-hybridized carbons (Fsp3) is 0.429. The zero-order chi connectivity index (χ0) is 32.4. The number of ether oxygens (including phenoxy) is 1. The number of aliphatic hydroxyl groups excluding tert-OH is 1. The van der Waals surface area contributed by atoms with E-state index in [9.17, 15) is 29.6 Å². The lowest BCUT2D eigenvalue weighted by Crippen LogP contribution is -3.00. The van der Waals surface area contributed by atoms with Crippen LogP contribution in [0.2, 0.25) is 0 Å². The lowest BCUT2D eigenvalue weighted by molar-refractivity contribution is -0.717. The monoisotopic (exact) mass is 782 g/mol. The van der Waals surface area contributed by atoms with Gasteiger partial charge in [0.15, 0.2) is 6.54 Å².